The molecule has 0 bridgehead atoms. The van der Waals surface area contributed by atoms with Crippen molar-refractivity contribution in [1.82, 2.24) is 0 Å². The highest BCUT2D eigenvalue weighted by atomic mass is 127. The lowest BCUT2D eigenvalue weighted by molar-refractivity contribution is 0.258. The van der Waals surface area contributed by atoms with E-state index in [4.69, 9.17) is 0 Å². The number of nitrogens with one attached hydrogen (secondary N) is 1. The average Bonchev–Trinajstić information content (AvgIpc) is 2.41. The molecule has 0 unspecified atom stereocenters. The van der Waals surface area contributed by atoms with E-state index in [0.717, 1.165) is 19.4 Å². The van der Waals surface area contributed by atoms with E-state index in [2.05, 4.69) is 43.8 Å². The van der Waals surface area contributed by atoms with E-state index < -0.39 is 0 Å². The summed E-state index contributed by atoms with van der Waals surface area (Å²) < 4.78 is 1.89. The van der Waals surface area contributed by atoms with Crippen molar-refractivity contribution in [1.29, 1.82) is 0 Å². The summed E-state index contributed by atoms with van der Waals surface area (Å²) in [5.74, 6) is 0. The van der Waals surface area contributed by atoms with E-state index in [1.807, 2.05) is 48.5 Å². The highest BCUT2D eigenvalue weighted by Gasteiger charge is 2.14. The molecule has 0 radical (unpaired) electrons. The van der Waals surface area contributed by atoms with E-state index in [0.29, 0.717) is 0 Å². The summed E-state index contributed by atoms with van der Waals surface area (Å²) in [6.45, 7) is 0. The molecule has 2 rings (SSSR count). The van der Waals surface area contributed by atoms with Crippen LogP contribution < -0.4 is 10.2 Å². The van der Waals surface area contributed by atoms with E-state index in [1.54, 1.807) is 11.9 Å². The Morgan fingerprint density at radius 3 is 2.47 bits per heavy atom. The van der Waals surface area contributed by atoms with Gasteiger partial charge in [-0.05, 0) is 62.8 Å². The smallest absolute Gasteiger partial charge is 0.307 e. The monoisotopic (exact) mass is 430 g/mol. The van der Waals surface area contributed by atoms with Crippen LogP contribution in [0.5, 0.6) is 0 Å². The fourth-order valence-electron chi connectivity index (χ4n) is 1.59. The number of hydrogen-bond donors (Lipinski definition) is 1. The number of halogens is 2. The maximum Gasteiger partial charge on any atom is 0.326 e. The molecule has 0 aliphatic heterocycles. The van der Waals surface area contributed by atoms with Crippen LogP contribution in [0.2, 0.25) is 0 Å². The Morgan fingerprint density at radius 1 is 1.16 bits per heavy atom. The van der Waals surface area contributed by atoms with E-state index in [-0.39, 0.29) is 6.03 Å². The Labute approximate surface area is 134 Å². The van der Waals surface area contributed by atoms with Gasteiger partial charge in [-0.3, -0.25) is 4.90 Å². The summed E-state index contributed by atoms with van der Waals surface area (Å²) in [6, 6.07) is 15.1. The minimum atomic E-state index is -0.170. The average molecular weight is 431 g/mol. The highest BCUT2D eigenvalue weighted by Crippen LogP contribution is 2.25. The summed E-state index contributed by atoms with van der Waals surface area (Å²) in [5.41, 5.74) is 1.64. The first kappa shape index (κ1) is 14.3. The van der Waals surface area contributed by atoms with Gasteiger partial charge in [0.2, 0.25) is 0 Å². The molecule has 0 aliphatic rings. The maximum atomic E-state index is 12.2. The zero-order valence-electron chi connectivity index (χ0n) is 10.2. The Kier molecular flexibility index (Phi) is 4.81. The van der Waals surface area contributed by atoms with Gasteiger partial charge in [0.1, 0.15) is 0 Å². The normalized spacial score (nSPS) is 10.1. The van der Waals surface area contributed by atoms with Gasteiger partial charge in [-0.2, -0.15) is 0 Å². The van der Waals surface area contributed by atoms with Gasteiger partial charge in [-0.1, -0.05) is 24.3 Å². The number of urea groups is 1. The largest absolute Gasteiger partial charge is 0.326 e. The summed E-state index contributed by atoms with van der Waals surface area (Å²) in [5, 5.41) is 2.89. The van der Waals surface area contributed by atoms with Crippen LogP contribution in [0.3, 0.4) is 0 Å². The van der Waals surface area contributed by atoms with Crippen LogP contribution in [0.25, 0.3) is 0 Å². The van der Waals surface area contributed by atoms with Crippen molar-refractivity contribution >= 4 is 55.9 Å². The lowest BCUT2D eigenvalue weighted by Crippen LogP contribution is -2.31. The van der Waals surface area contributed by atoms with Crippen molar-refractivity contribution in [3.63, 3.8) is 0 Å². The minimum Gasteiger partial charge on any atom is -0.307 e. The molecule has 0 heterocycles. The van der Waals surface area contributed by atoms with Crippen molar-refractivity contribution in [3.8, 4) is 0 Å². The van der Waals surface area contributed by atoms with Crippen LogP contribution in [0.15, 0.2) is 53.0 Å². The number of anilines is 2. The number of hydrogen-bond acceptors (Lipinski definition) is 1. The predicted molar refractivity (Wildman–Crippen MR) is 90.7 cm³/mol. The van der Waals surface area contributed by atoms with Crippen molar-refractivity contribution in [2.45, 2.75) is 0 Å². The van der Waals surface area contributed by atoms with Gasteiger partial charge in [0.15, 0.2) is 0 Å². The molecular formula is C14H12BrIN2O. The number of rotatable bonds is 2. The van der Waals surface area contributed by atoms with Crippen LogP contribution in [0.1, 0.15) is 0 Å². The van der Waals surface area contributed by atoms with Crippen molar-refractivity contribution in [2.24, 2.45) is 0 Å². The lowest BCUT2D eigenvalue weighted by Gasteiger charge is -2.19. The molecule has 0 atom stereocenters. The maximum absolute atomic E-state index is 12.2. The summed E-state index contributed by atoms with van der Waals surface area (Å²) in [6.07, 6.45) is 0. The quantitative estimate of drug-likeness (QED) is 0.686. The molecule has 0 fully saturated rings. The SMILES string of the molecule is CN(C(=O)Nc1ccccc1I)c1ccccc1Br. The van der Waals surface area contributed by atoms with Gasteiger partial charge in [0.25, 0.3) is 0 Å². The first-order chi connectivity index (χ1) is 9.09. The standard InChI is InChI=1S/C14H12BrIN2O/c1-18(13-9-5-2-6-10(13)15)14(19)17-12-8-4-3-7-11(12)16/h2-9H,1H3,(H,17,19). The topological polar surface area (TPSA) is 32.3 Å². The van der Waals surface area contributed by atoms with Crippen molar-refractivity contribution < 1.29 is 4.79 Å². The number of amides is 2. The van der Waals surface area contributed by atoms with Crippen LogP contribution in [-0.2, 0) is 0 Å². The fraction of sp³-hybridized carbons (Fsp3) is 0.0714. The highest BCUT2D eigenvalue weighted by molar-refractivity contribution is 14.1. The predicted octanol–water partition coefficient (Wildman–Crippen LogP) is 4.72. The third kappa shape index (κ3) is 3.48. The van der Waals surface area contributed by atoms with Crippen LogP contribution >= 0.6 is 38.5 Å². The molecule has 98 valence electrons. The first-order valence-corrected chi connectivity index (χ1v) is 7.50. The molecule has 2 amide bonds. The molecule has 0 aromatic heterocycles. The van der Waals surface area contributed by atoms with Gasteiger partial charge in [0, 0.05) is 15.1 Å². The number of benzene rings is 2. The third-order valence-corrected chi connectivity index (χ3v) is 4.25. The van der Waals surface area contributed by atoms with Crippen LogP contribution in [-0.4, -0.2) is 13.1 Å². The van der Waals surface area contributed by atoms with E-state index in [1.165, 1.54) is 0 Å². The third-order valence-electron chi connectivity index (χ3n) is 2.63. The number of carbonyl (C=O) groups is 1. The van der Waals surface area contributed by atoms with Gasteiger partial charge in [0.05, 0.1) is 11.4 Å². The van der Waals surface area contributed by atoms with Crippen molar-refractivity contribution in [3.05, 3.63) is 56.6 Å². The molecule has 5 heteroatoms. The van der Waals surface area contributed by atoms with Crippen LogP contribution in [0, 0.1) is 3.57 Å². The first-order valence-electron chi connectivity index (χ1n) is 5.63. The second-order valence-corrected chi connectivity index (χ2v) is 5.94. The van der Waals surface area contributed by atoms with E-state index in [9.17, 15) is 4.79 Å². The summed E-state index contributed by atoms with van der Waals surface area (Å²) >= 11 is 5.64. The Hall–Kier alpha value is -1.08. The van der Waals surface area contributed by atoms with Crippen molar-refractivity contribution in [2.75, 3.05) is 17.3 Å². The molecule has 0 spiro atoms. The van der Waals surface area contributed by atoms with Crippen LogP contribution in [0.4, 0.5) is 16.2 Å². The van der Waals surface area contributed by atoms with Gasteiger partial charge >= 0.3 is 6.03 Å². The lowest BCUT2D eigenvalue weighted by atomic mass is 10.3. The molecule has 3 nitrogen and oxygen atoms in total. The molecule has 1 N–H and O–H groups in total. The minimum absolute atomic E-state index is 0.170. The fourth-order valence-corrected chi connectivity index (χ4v) is 2.67. The number of nitrogens with zero attached hydrogens (tertiary/aromatic N) is 1. The molecule has 0 saturated carbocycles. The summed E-state index contributed by atoms with van der Waals surface area (Å²) in [4.78, 5) is 13.8. The second-order valence-electron chi connectivity index (χ2n) is 3.92. The number of para-hydroxylation sites is 2. The van der Waals surface area contributed by atoms with E-state index >= 15 is 0 Å². The van der Waals surface area contributed by atoms with Gasteiger partial charge in [-0.15, -0.1) is 0 Å². The molecular weight excluding hydrogens is 419 g/mol. The molecule has 2 aromatic carbocycles. The molecule has 19 heavy (non-hydrogen) atoms. The Balaban J connectivity index is 2.17. The Morgan fingerprint density at radius 2 is 1.79 bits per heavy atom. The van der Waals surface area contributed by atoms with Gasteiger partial charge in [-0.25, -0.2) is 4.79 Å². The number of carbonyl (C=O) groups excluding carboxylic acids is 1. The second kappa shape index (κ2) is 6.38. The zero-order chi connectivity index (χ0) is 13.8. The van der Waals surface area contributed by atoms with Gasteiger partial charge < -0.3 is 5.32 Å². The molecule has 0 aliphatic carbocycles. The molecule has 0 saturated heterocycles. The zero-order valence-corrected chi connectivity index (χ0v) is 14.0. The Bertz CT molecular complexity index is 604. The summed E-state index contributed by atoms with van der Waals surface area (Å²) in [7, 11) is 1.74. The molecule has 2 aromatic rings.